The first-order chi connectivity index (χ1) is 15.5. The van der Waals surface area contributed by atoms with Gasteiger partial charge in [0.1, 0.15) is 5.82 Å². The summed E-state index contributed by atoms with van der Waals surface area (Å²) in [6, 6.07) is 7.28. The number of halogens is 1. The third-order valence-corrected chi connectivity index (χ3v) is 7.17. The van der Waals surface area contributed by atoms with Crippen LogP contribution in [0.25, 0.3) is 0 Å². The van der Waals surface area contributed by atoms with E-state index < -0.39 is 0 Å². The van der Waals surface area contributed by atoms with Gasteiger partial charge in [0.25, 0.3) is 5.91 Å². The van der Waals surface area contributed by atoms with Gasteiger partial charge in [-0.1, -0.05) is 18.2 Å². The average Bonchev–Trinajstić information content (AvgIpc) is 3.53. The van der Waals surface area contributed by atoms with Crippen molar-refractivity contribution in [2.45, 2.75) is 25.3 Å². The topological polar surface area (TPSA) is 113 Å². The Morgan fingerprint density at radius 1 is 1.16 bits per heavy atom. The lowest BCUT2D eigenvalue weighted by molar-refractivity contribution is -0.122. The Morgan fingerprint density at radius 2 is 1.94 bits per heavy atom. The fourth-order valence-electron chi connectivity index (χ4n) is 5.06. The summed E-state index contributed by atoms with van der Waals surface area (Å²) in [7, 11) is 0. The van der Waals surface area contributed by atoms with Gasteiger partial charge < -0.3 is 21.3 Å². The third kappa shape index (κ3) is 3.97. The minimum atomic E-state index is -0.289. The van der Waals surface area contributed by atoms with E-state index in [1.165, 1.54) is 0 Å². The van der Waals surface area contributed by atoms with Crippen LogP contribution in [0.4, 0.5) is 17.5 Å². The summed E-state index contributed by atoms with van der Waals surface area (Å²) in [5.74, 6) is 0.943. The number of aromatic nitrogens is 2. The molecule has 0 radical (unpaired) electrons. The number of rotatable bonds is 6. The Kier molecular flexibility index (Phi) is 5.58. The summed E-state index contributed by atoms with van der Waals surface area (Å²) < 4.78 is 0.705. The van der Waals surface area contributed by atoms with Crippen molar-refractivity contribution in [3.63, 3.8) is 0 Å². The van der Waals surface area contributed by atoms with Crippen LogP contribution in [0.2, 0.25) is 0 Å². The fourth-order valence-corrected chi connectivity index (χ4v) is 5.36. The van der Waals surface area contributed by atoms with Gasteiger partial charge in [0.15, 0.2) is 0 Å². The predicted octanol–water partition coefficient (Wildman–Crippen LogP) is 3.31. The van der Waals surface area contributed by atoms with Gasteiger partial charge in [-0.3, -0.25) is 9.59 Å². The zero-order chi connectivity index (χ0) is 22.2. The number of allylic oxidation sites excluding steroid dienone is 1. The van der Waals surface area contributed by atoms with Crippen molar-refractivity contribution >= 4 is 45.2 Å². The van der Waals surface area contributed by atoms with Gasteiger partial charge in [0.05, 0.1) is 10.4 Å². The van der Waals surface area contributed by atoms with E-state index in [0.29, 0.717) is 21.8 Å². The van der Waals surface area contributed by atoms with Crippen molar-refractivity contribution in [2.24, 2.45) is 23.5 Å². The van der Waals surface area contributed by atoms with Crippen molar-refractivity contribution < 1.29 is 9.59 Å². The van der Waals surface area contributed by atoms with Gasteiger partial charge >= 0.3 is 0 Å². The number of nitrogens with two attached hydrogens (primary N) is 1. The van der Waals surface area contributed by atoms with Crippen molar-refractivity contribution in [3.05, 3.63) is 52.7 Å². The van der Waals surface area contributed by atoms with Gasteiger partial charge in [-0.05, 0) is 65.2 Å². The largest absolute Gasteiger partial charge is 0.369 e. The lowest BCUT2D eigenvalue weighted by atomic mass is 9.88. The standard InChI is InChI=1S/C23H25BrN6O2/c24-17-12-26-23(27-16-5-3-4-15(11-16)22(32)30-8-1-2-9-30)29-21(17)28-19-14-7-6-13(10-14)18(19)20(25)31/h3-7,11-14,18-19H,1-2,8-10H2,(H2,25,31)(H2,26,27,28,29)/t13-,14+,18+,19-/m1/s1. The van der Waals surface area contributed by atoms with Gasteiger partial charge in [0.2, 0.25) is 11.9 Å². The van der Waals surface area contributed by atoms with E-state index in [0.717, 1.165) is 38.0 Å². The molecule has 5 rings (SSSR count). The summed E-state index contributed by atoms with van der Waals surface area (Å²) in [6.07, 6.45) is 8.95. The first kappa shape index (κ1) is 20.9. The molecule has 2 heterocycles. The smallest absolute Gasteiger partial charge is 0.253 e. The number of benzene rings is 1. The number of hydrogen-bond donors (Lipinski definition) is 3. The highest BCUT2D eigenvalue weighted by atomic mass is 79.9. The maximum atomic E-state index is 12.7. The molecule has 2 fully saturated rings. The van der Waals surface area contributed by atoms with Gasteiger partial charge in [-0.15, -0.1) is 0 Å². The molecule has 2 bridgehead atoms. The molecule has 9 heteroatoms. The zero-order valence-electron chi connectivity index (χ0n) is 17.5. The molecular weight excluding hydrogens is 472 g/mol. The number of hydrogen-bond acceptors (Lipinski definition) is 6. The van der Waals surface area contributed by atoms with Crippen LogP contribution in [-0.4, -0.2) is 45.8 Å². The molecule has 1 saturated carbocycles. The minimum absolute atomic E-state index is 0.0482. The molecule has 3 aliphatic rings. The van der Waals surface area contributed by atoms with Gasteiger partial charge in [-0.2, -0.15) is 4.98 Å². The van der Waals surface area contributed by atoms with Crippen LogP contribution in [0.1, 0.15) is 29.6 Å². The first-order valence-electron chi connectivity index (χ1n) is 10.9. The summed E-state index contributed by atoms with van der Waals surface area (Å²) in [6.45, 7) is 1.62. The summed E-state index contributed by atoms with van der Waals surface area (Å²) in [5, 5.41) is 6.60. The number of fused-ring (bicyclic) bond motifs is 2. The molecule has 2 aliphatic carbocycles. The molecule has 0 unspecified atom stereocenters. The second-order valence-electron chi connectivity index (χ2n) is 8.64. The van der Waals surface area contributed by atoms with Crippen molar-refractivity contribution in [2.75, 3.05) is 23.7 Å². The molecule has 1 aromatic heterocycles. The molecule has 1 aromatic carbocycles. The van der Waals surface area contributed by atoms with Crippen LogP contribution in [0.3, 0.4) is 0 Å². The monoisotopic (exact) mass is 496 g/mol. The lowest BCUT2D eigenvalue weighted by Gasteiger charge is -2.27. The van der Waals surface area contributed by atoms with Crippen molar-refractivity contribution in [1.82, 2.24) is 14.9 Å². The van der Waals surface area contributed by atoms with Crippen LogP contribution >= 0.6 is 15.9 Å². The molecule has 0 spiro atoms. The van der Waals surface area contributed by atoms with E-state index in [-0.39, 0.29) is 35.6 Å². The quantitative estimate of drug-likeness (QED) is 0.528. The summed E-state index contributed by atoms with van der Waals surface area (Å²) in [4.78, 5) is 35.6. The lowest BCUT2D eigenvalue weighted by Crippen LogP contribution is -2.41. The van der Waals surface area contributed by atoms with E-state index in [4.69, 9.17) is 5.73 Å². The van der Waals surface area contributed by atoms with Crippen molar-refractivity contribution in [1.29, 1.82) is 0 Å². The number of nitrogens with zero attached hydrogens (tertiary/aromatic N) is 3. The molecule has 166 valence electrons. The average molecular weight is 497 g/mol. The molecule has 8 nitrogen and oxygen atoms in total. The Hall–Kier alpha value is -2.94. The van der Waals surface area contributed by atoms with E-state index >= 15 is 0 Å². The van der Waals surface area contributed by atoms with Crippen molar-refractivity contribution in [3.8, 4) is 0 Å². The Labute approximate surface area is 194 Å². The fraction of sp³-hybridized carbons (Fsp3) is 0.391. The molecule has 2 aromatic rings. The SMILES string of the molecule is NC(=O)[C@@H]1[C@H](Nc2nc(Nc3cccc(C(=O)N4CCCC4)c3)ncc2Br)[C@H]2C=C[C@@H]1C2. The molecule has 2 amide bonds. The van der Waals surface area contributed by atoms with Crippen LogP contribution in [-0.2, 0) is 4.79 Å². The van der Waals surface area contributed by atoms with E-state index in [2.05, 4.69) is 48.7 Å². The van der Waals surface area contributed by atoms with E-state index in [1.807, 2.05) is 29.2 Å². The van der Waals surface area contributed by atoms with Crippen LogP contribution in [0, 0.1) is 17.8 Å². The Balaban J connectivity index is 1.33. The molecule has 4 N–H and O–H groups in total. The first-order valence-corrected chi connectivity index (χ1v) is 11.7. The molecule has 4 atom stereocenters. The maximum absolute atomic E-state index is 12.7. The Morgan fingerprint density at radius 3 is 2.72 bits per heavy atom. The second-order valence-corrected chi connectivity index (χ2v) is 9.50. The number of nitrogens with one attached hydrogen (secondary N) is 2. The number of likely N-dealkylation sites (tertiary alicyclic amines) is 1. The highest BCUT2D eigenvalue weighted by molar-refractivity contribution is 9.10. The van der Waals surface area contributed by atoms with Crippen LogP contribution in [0.15, 0.2) is 47.1 Å². The number of amides is 2. The minimum Gasteiger partial charge on any atom is -0.369 e. The number of carbonyl (C=O) groups excluding carboxylic acids is 2. The number of carbonyl (C=O) groups is 2. The Bertz CT molecular complexity index is 1080. The highest BCUT2D eigenvalue weighted by Crippen LogP contribution is 2.45. The maximum Gasteiger partial charge on any atom is 0.253 e. The molecule has 1 aliphatic heterocycles. The van der Waals surface area contributed by atoms with Crippen LogP contribution in [0.5, 0.6) is 0 Å². The normalized spacial score (nSPS) is 25.8. The van der Waals surface area contributed by atoms with Gasteiger partial charge in [0, 0.05) is 36.6 Å². The molecule has 32 heavy (non-hydrogen) atoms. The molecular formula is C23H25BrN6O2. The number of anilines is 3. The third-order valence-electron chi connectivity index (χ3n) is 6.59. The predicted molar refractivity (Wildman–Crippen MR) is 125 cm³/mol. The number of primary amides is 1. The summed E-state index contributed by atoms with van der Waals surface area (Å²) >= 11 is 3.50. The molecule has 1 saturated heterocycles. The van der Waals surface area contributed by atoms with E-state index in [1.54, 1.807) is 6.20 Å². The zero-order valence-corrected chi connectivity index (χ0v) is 19.1. The van der Waals surface area contributed by atoms with E-state index in [9.17, 15) is 9.59 Å². The van der Waals surface area contributed by atoms with Gasteiger partial charge in [-0.25, -0.2) is 4.98 Å². The highest BCUT2D eigenvalue weighted by Gasteiger charge is 2.47. The summed E-state index contributed by atoms with van der Waals surface area (Å²) in [5.41, 5.74) is 7.06. The second kappa shape index (κ2) is 8.54. The van der Waals surface area contributed by atoms with Crippen LogP contribution < -0.4 is 16.4 Å².